The molecule has 0 aliphatic rings. The molecule has 0 aliphatic carbocycles. The van der Waals surface area contributed by atoms with Crippen molar-refractivity contribution in [1.82, 2.24) is 18.8 Å². The van der Waals surface area contributed by atoms with Crippen LogP contribution >= 0.6 is 0 Å². The van der Waals surface area contributed by atoms with Gasteiger partial charge >= 0.3 is 0 Å². The Balaban J connectivity index is 0.860. The van der Waals surface area contributed by atoms with Crippen LogP contribution in [0.3, 0.4) is 0 Å². The number of imidazole rings is 2. The molecule has 0 spiro atoms. The van der Waals surface area contributed by atoms with Crippen LogP contribution in [0.1, 0.15) is 0 Å². The van der Waals surface area contributed by atoms with Gasteiger partial charge in [0.25, 0.3) is 0 Å². The van der Waals surface area contributed by atoms with E-state index in [-0.39, 0.29) is 51.5 Å². The van der Waals surface area contributed by atoms with Crippen molar-refractivity contribution in [3.8, 4) is 22.5 Å². The molecule has 0 fully saturated rings. The lowest BCUT2D eigenvalue weighted by Gasteiger charge is -2.10. The highest BCUT2D eigenvalue weighted by molar-refractivity contribution is 5.93. The topological polar surface area (TPSA) is 145 Å². The Kier molecular flexibility index (Phi) is 10.8. The van der Waals surface area contributed by atoms with Crippen LogP contribution in [-0.4, -0.2) is 84.3 Å². The Hall–Kier alpha value is -5.76. The van der Waals surface area contributed by atoms with Gasteiger partial charge in [-0.3, -0.25) is 18.4 Å². The third kappa shape index (κ3) is 8.40. The number of carbonyl (C=O) groups is 2. The predicted octanol–water partition coefficient (Wildman–Crippen LogP) is 5.03. The number of hydrogen-bond acceptors (Lipinski definition) is 9. The summed E-state index contributed by atoms with van der Waals surface area (Å²) in [5.41, 5.74) is 8.58. The van der Waals surface area contributed by atoms with Crippen molar-refractivity contribution in [2.24, 2.45) is 0 Å². The highest BCUT2D eigenvalue weighted by atomic mass is 16.5. The quantitative estimate of drug-likeness (QED) is 0.105. The van der Waals surface area contributed by atoms with Crippen LogP contribution < -0.4 is 21.3 Å². The molecule has 49 heavy (non-hydrogen) atoms. The monoisotopic (exact) mass is 662 g/mol. The zero-order valence-corrected chi connectivity index (χ0v) is 27.3. The maximum absolute atomic E-state index is 12.5. The molecule has 0 aliphatic heterocycles. The summed E-state index contributed by atoms with van der Waals surface area (Å²) in [4.78, 5) is 33.9. The average Bonchev–Trinajstić information content (AvgIpc) is 3.75. The second-order valence-corrected chi connectivity index (χ2v) is 11.1. The number of rotatable bonds is 16. The van der Waals surface area contributed by atoms with Gasteiger partial charge < -0.3 is 35.5 Å². The van der Waals surface area contributed by atoms with Crippen molar-refractivity contribution in [3.05, 3.63) is 97.6 Å². The molecule has 0 radical (unpaired) electrons. The first-order valence-corrected chi connectivity index (χ1v) is 15.8. The number of hydrogen-bond donors (Lipinski definition) is 4. The number of nitrogens with zero attached hydrogens (tertiary/aromatic N) is 4. The molecule has 4 aromatic heterocycles. The van der Waals surface area contributed by atoms with Gasteiger partial charge in [-0.2, -0.15) is 0 Å². The second kappa shape index (κ2) is 15.9. The molecule has 4 N–H and O–H groups in total. The van der Waals surface area contributed by atoms with E-state index in [1.165, 1.54) is 0 Å². The fraction of sp³-hybridized carbons (Fsp3) is 0.222. The summed E-state index contributed by atoms with van der Waals surface area (Å²) < 4.78 is 20.4. The number of aromatic nitrogens is 4. The maximum atomic E-state index is 12.5. The molecule has 13 heteroatoms. The number of anilines is 4. The average molecular weight is 663 g/mol. The van der Waals surface area contributed by atoms with Gasteiger partial charge in [-0.15, -0.1) is 0 Å². The van der Waals surface area contributed by atoms with Crippen molar-refractivity contribution in [1.29, 1.82) is 0 Å². The Morgan fingerprint density at radius 1 is 0.592 bits per heavy atom. The van der Waals surface area contributed by atoms with E-state index in [0.29, 0.717) is 11.4 Å². The van der Waals surface area contributed by atoms with E-state index in [1.807, 2.05) is 120 Å². The predicted molar refractivity (Wildman–Crippen MR) is 190 cm³/mol. The molecule has 0 bridgehead atoms. The minimum absolute atomic E-state index is 0.110. The van der Waals surface area contributed by atoms with Crippen LogP contribution in [0.2, 0.25) is 0 Å². The van der Waals surface area contributed by atoms with E-state index >= 15 is 0 Å². The van der Waals surface area contributed by atoms with Crippen molar-refractivity contribution in [2.45, 2.75) is 0 Å². The fourth-order valence-corrected chi connectivity index (χ4v) is 5.26. The summed E-state index contributed by atoms with van der Waals surface area (Å²) in [6, 6.07) is 23.0. The molecule has 0 saturated heterocycles. The van der Waals surface area contributed by atoms with Crippen LogP contribution in [0, 0.1) is 0 Å². The van der Waals surface area contributed by atoms with Gasteiger partial charge in [-0.1, -0.05) is 24.3 Å². The Labute approximate surface area is 283 Å². The van der Waals surface area contributed by atoms with Gasteiger partial charge in [0.05, 0.1) is 61.6 Å². The normalized spacial score (nSPS) is 11.1. The standard InChI is InChI=1S/C36H38N8O5/c1-37-29-9-11-33-39-19-31(43(33)21-29)25-5-3-7-27(17-25)41-35(45)23-48-15-13-47-14-16-49-24-36(46)42-28-8-4-6-26(18-28)32-20-40-34-12-10-30(38-2)22-44(32)34/h3-12,17-22,37-38H,13-16,23-24H2,1-2H3,(H,41,45)(H,42,46). The van der Waals surface area contributed by atoms with Gasteiger partial charge in [0, 0.05) is 49.0 Å². The lowest BCUT2D eigenvalue weighted by molar-refractivity contribution is -0.121. The summed E-state index contributed by atoms with van der Waals surface area (Å²) in [5, 5.41) is 12.0. The summed E-state index contributed by atoms with van der Waals surface area (Å²) in [7, 11) is 3.74. The van der Waals surface area contributed by atoms with Gasteiger partial charge in [0.1, 0.15) is 24.5 Å². The first-order valence-electron chi connectivity index (χ1n) is 15.8. The Morgan fingerprint density at radius 2 is 1.04 bits per heavy atom. The zero-order chi connectivity index (χ0) is 34.0. The van der Waals surface area contributed by atoms with E-state index in [0.717, 1.165) is 45.2 Å². The highest BCUT2D eigenvalue weighted by Gasteiger charge is 2.11. The molecular weight excluding hydrogens is 624 g/mol. The third-order valence-corrected chi connectivity index (χ3v) is 7.68. The van der Waals surface area contributed by atoms with E-state index in [4.69, 9.17) is 14.2 Å². The molecule has 4 heterocycles. The van der Waals surface area contributed by atoms with Crippen molar-refractivity contribution >= 4 is 45.9 Å². The van der Waals surface area contributed by atoms with E-state index in [9.17, 15) is 9.59 Å². The highest BCUT2D eigenvalue weighted by Crippen LogP contribution is 2.26. The molecule has 6 aromatic rings. The van der Waals surface area contributed by atoms with Crippen LogP contribution in [0.25, 0.3) is 33.8 Å². The van der Waals surface area contributed by atoms with Crippen LogP contribution in [0.5, 0.6) is 0 Å². The maximum Gasteiger partial charge on any atom is 0.250 e. The van der Waals surface area contributed by atoms with Crippen molar-refractivity contribution < 1.29 is 23.8 Å². The summed E-state index contributed by atoms with van der Waals surface area (Å²) >= 11 is 0. The lowest BCUT2D eigenvalue weighted by Crippen LogP contribution is -2.21. The number of ether oxygens (including phenoxy) is 3. The number of carbonyl (C=O) groups excluding carboxylic acids is 2. The SMILES string of the molecule is CNc1ccc2ncc(-c3cccc(NC(=O)COCCOCCOCC(=O)Nc4cccc(-c5cnc6ccc(NC)cn56)c4)c3)n2c1. The third-order valence-electron chi connectivity index (χ3n) is 7.68. The number of nitrogens with one attached hydrogen (secondary N) is 4. The molecular formula is C36H38N8O5. The number of amides is 2. The van der Waals surface area contributed by atoms with Crippen molar-refractivity contribution in [2.75, 3.05) is 75.0 Å². The van der Waals surface area contributed by atoms with E-state index in [1.54, 1.807) is 0 Å². The minimum atomic E-state index is -0.269. The van der Waals surface area contributed by atoms with Gasteiger partial charge in [0.2, 0.25) is 11.8 Å². The second-order valence-electron chi connectivity index (χ2n) is 11.1. The molecule has 252 valence electrons. The first-order chi connectivity index (χ1) is 24.0. The fourth-order valence-electron chi connectivity index (χ4n) is 5.26. The molecule has 2 amide bonds. The smallest absolute Gasteiger partial charge is 0.250 e. The van der Waals surface area contributed by atoms with E-state index in [2.05, 4.69) is 31.2 Å². The summed E-state index contributed by atoms with van der Waals surface area (Å²) in [6.07, 6.45) is 7.58. The molecule has 2 aromatic carbocycles. The molecule has 13 nitrogen and oxygen atoms in total. The van der Waals surface area contributed by atoms with Gasteiger partial charge in [-0.05, 0) is 48.5 Å². The van der Waals surface area contributed by atoms with E-state index < -0.39 is 0 Å². The Bertz CT molecular complexity index is 1910. The van der Waals surface area contributed by atoms with Crippen LogP contribution in [-0.2, 0) is 23.8 Å². The first kappa shape index (κ1) is 33.2. The minimum Gasteiger partial charge on any atom is -0.387 e. The van der Waals surface area contributed by atoms with Crippen LogP contribution in [0.4, 0.5) is 22.7 Å². The largest absolute Gasteiger partial charge is 0.387 e. The molecule has 0 saturated carbocycles. The van der Waals surface area contributed by atoms with Gasteiger partial charge in [-0.25, -0.2) is 9.97 Å². The van der Waals surface area contributed by atoms with Crippen molar-refractivity contribution in [3.63, 3.8) is 0 Å². The molecule has 6 rings (SSSR count). The zero-order valence-electron chi connectivity index (χ0n) is 27.3. The lowest BCUT2D eigenvalue weighted by atomic mass is 10.1. The summed E-state index contributed by atoms with van der Waals surface area (Å²) in [6.45, 7) is 0.827. The molecule has 0 unspecified atom stereocenters. The van der Waals surface area contributed by atoms with Crippen LogP contribution in [0.15, 0.2) is 97.6 Å². The summed E-state index contributed by atoms with van der Waals surface area (Å²) in [5.74, 6) is -0.539. The number of fused-ring (bicyclic) bond motifs is 2. The number of benzene rings is 2. The molecule has 0 atom stereocenters. The Morgan fingerprint density at radius 3 is 1.49 bits per heavy atom. The number of pyridine rings is 2. The van der Waals surface area contributed by atoms with Gasteiger partial charge in [0.15, 0.2) is 0 Å².